The third kappa shape index (κ3) is 2.42. The molecule has 4 heterocycles. The Hall–Kier alpha value is -2.22. The van der Waals surface area contributed by atoms with E-state index in [1.807, 2.05) is 34.3 Å². The molecule has 4 rings (SSSR count). The summed E-state index contributed by atoms with van der Waals surface area (Å²) in [6.07, 6.45) is 5.29. The number of fused-ring (bicyclic) bond motifs is 1. The molecule has 3 aromatic rings. The van der Waals surface area contributed by atoms with Gasteiger partial charge >= 0.3 is 0 Å². The van der Waals surface area contributed by atoms with Gasteiger partial charge in [0.1, 0.15) is 17.5 Å². The van der Waals surface area contributed by atoms with Crippen LogP contribution < -0.4 is 0 Å². The molecule has 0 aliphatic carbocycles. The number of amides is 1. The first kappa shape index (κ1) is 14.4. The second-order valence-corrected chi connectivity index (χ2v) is 6.99. The summed E-state index contributed by atoms with van der Waals surface area (Å²) < 4.78 is 3.71. The molecule has 0 radical (unpaired) electrons. The van der Waals surface area contributed by atoms with Crippen LogP contribution in [0, 0.1) is 6.92 Å². The van der Waals surface area contributed by atoms with Crippen LogP contribution >= 0.6 is 11.3 Å². The number of hydrogen-bond acceptors (Lipinski definition) is 5. The molecule has 7 nitrogen and oxygen atoms in total. The molecule has 8 heteroatoms. The lowest BCUT2D eigenvalue weighted by atomic mass is 10.1. The average Bonchev–Trinajstić information content (AvgIpc) is 3.27. The molecule has 23 heavy (non-hydrogen) atoms. The van der Waals surface area contributed by atoms with Gasteiger partial charge in [0, 0.05) is 25.5 Å². The Kier molecular flexibility index (Phi) is 3.41. The Morgan fingerprint density at radius 3 is 3.04 bits per heavy atom. The van der Waals surface area contributed by atoms with E-state index in [0.717, 1.165) is 40.2 Å². The van der Waals surface area contributed by atoms with E-state index >= 15 is 0 Å². The van der Waals surface area contributed by atoms with Crippen LogP contribution in [0.3, 0.4) is 0 Å². The van der Waals surface area contributed by atoms with Crippen LogP contribution in [0.15, 0.2) is 18.7 Å². The van der Waals surface area contributed by atoms with Crippen molar-refractivity contribution in [2.24, 2.45) is 7.05 Å². The highest BCUT2D eigenvalue weighted by atomic mass is 32.1. The zero-order valence-corrected chi connectivity index (χ0v) is 14.0. The molecule has 120 valence electrons. The fourth-order valence-corrected chi connectivity index (χ4v) is 4.32. The quantitative estimate of drug-likeness (QED) is 0.721. The maximum Gasteiger partial charge on any atom is 0.264 e. The number of thiophene rings is 1. The summed E-state index contributed by atoms with van der Waals surface area (Å²) in [5.41, 5.74) is 0.969. The summed E-state index contributed by atoms with van der Waals surface area (Å²) >= 11 is 1.52. The molecule has 1 aliphatic rings. The van der Waals surface area contributed by atoms with Gasteiger partial charge in [-0.2, -0.15) is 10.2 Å². The van der Waals surface area contributed by atoms with Gasteiger partial charge in [-0.25, -0.2) is 9.67 Å². The van der Waals surface area contributed by atoms with E-state index in [1.54, 1.807) is 12.7 Å². The van der Waals surface area contributed by atoms with E-state index < -0.39 is 0 Å². The number of piperidine rings is 1. The van der Waals surface area contributed by atoms with Gasteiger partial charge in [-0.3, -0.25) is 9.48 Å². The monoisotopic (exact) mass is 330 g/mol. The van der Waals surface area contributed by atoms with Crippen LogP contribution in [0.25, 0.3) is 10.2 Å². The first-order valence-electron chi connectivity index (χ1n) is 7.70. The zero-order valence-electron chi connectivity index (χ0n) is 13.1. The number of carbonyl (C=O) groups is 1. The molecule has 1 saturated heterocycles. The Balaban J connectivity index is 1.58. The van der Waals surface area contributed by atoms with E-state index in [0.29, 0.717) is 6.54 Å². The van der Waals surface area contributed by atoms with Gasteiger partial charge in [0.2, 0.25) is 0 Å². The second kappa shape index (κ2) is 5.45. The highest BCUT2D eigenvalue weighted by Gasteiger charge is 2.27. The maximum absolute atomic E-state index is 12.9. The molecule has 3 aromatic heterocycles. The number of likely N-dealkylation sites (tertiary alicyclic amines) is 1. The summed E-state index contributed by atoms with van der Waals surface area (Å²) in [6.45, 7) is 3.47. The summed E-state index contributed by atoms with van der Waals surface area (Å²) in [5, 5.41) is 9.68. The van der Waals surface area contributed by atoms with Crippen molar-refractivity contribution < 1.29 is 4.79 Å². The van der Waals surface area contributed by atoms with Crippen LogP contribution in [0.2, 0.25) is 0 Å². The summed E-state index contributed by atoms with van der Waals surface area (Å²) in [6, 6.07) is 2.19. The van der Waals surface area contributed by atoms with Gasteiger partial charge in [-0.1, -0.05) is 0 Å². The van der Waals surface area contributed by atoms with E-state index in [-0.39, 0.29) is 11.9 Å². The molecule has 1 unspecified atom stereocenters. The molecule has 1 aliphatic heterocycles. The minimum Gasteiger partial charge on any atom is -0.336 e. The first-order chi connectivity index (χ1) is 11.1. The number of hydrogen-bond donors (Lipinski definition) is 0. The normalized spacial score (nSPS) is 18.7. The van der Waals surface area contributed by atoms with Crippen LogP contribution in [0.1, 0.15) is 34.2 Å². The Morgan fingerprint density at radius 1 is 1.43 bits per heavy atom. The fraction of sp³-hybridized carbons (Fsp3) is 0.467. The van der Waals surface area contributed by atoms with Gasteiger partial charge in [-0.15, -0.1) is 11.3 Å². The largest absolute Gasteiger partial charge is 0.336 e. The highest BCUT2D eigenvalue weighted by Crippen LogP contribution is 2.30. The van der Waals surface area contributed by atoms with Crippen molar-refractivity contribution in [2.45, 2.75) is 25.8 Å². The third-order valence-electron chi connectivity index (χ3n) is 4.40. The molecule has 1 amide bonds. The van der Waals surface area contributed by atoms with Crippen LogP contribution in [-0.2, 0) is 7.05 Å². The number of rotatable bonds is 2. The lowest BCUT2D eigenvalue weighted by Gasteiger charge is -2.32. The number of aryl methyl sites for hydroxylation is 2. The number of nitrogens with zero attached hydrogens (tertiary/aromatic N) is 6. The third-order valence-corrected chi connectivity index (χ3v) is 5.59. The molecule has 1 atom stereocenters. The van der Waals surface area contributed by atoms with E-state index in [1.165, 1.54) is 11.3 Å². The molecule has 0 saturated carbocycles. The Labute approximate surface area is 137 Å². The van der Waals surface area contributed by atoms with Crippen LogP contribution in [-0.4, -0.2) is 48.4 Å². The van der Waals surface area contributed by atoms with Gasteiger partial charge in [0.05, 0.1) is 16.6 Å². The van der Waals surface area contributed by atoms with Gasteiger partial charge in [-0.05, 0) is 25.8 Å². The zero-order chi connectivity index (χ0) is 16.0. The number of carbonyl (C=O) groups excluding carboxylic acids is 1. The van der Waals surface area contributed by atoms with Crippen molar-refractivity contribution >= 4 is 27.5 Å². The summed E-state index contributed by atoms with van der Waals surface area (Å²) in [4.78, 5) is 20.6. The lowest BCUT2D eigenvalue weighted by molar-refractivity contribution is 0.0678. The smallest absolute Gasteiger partial charge is 0.264 e. The minimum absolute atomic E-state index is 0.107. The van der Waals surface area contributed by atoms with Gasteiger partial charge in [0.15, 0.2) is 0 Å². The lowest BCUT2D eigenvalue weighted by Crippen LogP contribution is -2.40. The highest BCUT2D eigenvalue weighted by molar-refractivity contribution is 7.20. The SMILES string of the molecule is Cc1nn(C)c2sc(C(=O)N3CCCC(n4cncn4)C3)cc12. The van der Waals surface area contributed by atoms with Crippen molar-refractivity contribution in [1.82, 2.24) is 29.4 Å². The number of aromatic nitrogens is 5. The molecular formula is C15H18N6OS. The predicted molar refractivity (Wildman–Crippen MR) is 87.5 cm³/mol. The maximum atomic E-state index is 12.9. The van der Waals surface area contributed by atoms with E-state index in [9.17, 15) is 4.79 Å². The molecule has 1 fully saturated rings. The van der Waals surface area contributed by atoms with Crippen LogP contribution in [0.5, 0.6) is 0 Å². The van der Waals surface area contributed by atoms with Crippen molar-refractivity contribution in [3.63, 3.8) is 0 Å². The standard InChI is InChI=1S/C15H18N6OS/c1-10-12-6-13(23-15(12)19(2)18-10)14(22)20-5-3-4-11(7-20)21-9-16-8-17-21/h6,8-9,11H,3-5,7H2,1-2H3. The molecule has 0 aromatic carbocycles. The fourth-order valence-electron chi connectivity index (χ4n) is 3.23. The minimum atomic E-state index is 0.107. The average molecular weight is 330 g/mol. The molecule has 0 spiro atoms. The predicted octanol–water partition coefficient (Wildman–Crippen LogP) is 2.01. The van der Waals surface area contributed by atoms with Crippen LogP contribution in [0.4, 0.5) is 0 Å². The Morgan fingerprint density at radius 2 is 2.30 bits per heavy atom. The van der Waals surface area contributed by atoms with E-state index in [2.05, 4.69) is 15.2 Å². The molecular weight excluding hydrogens is 312 g/mol. The Bertz CT molecular complexity index is 814. The van der Waals surface area contributed by atoms with Gasteiger partial charge in [0.25, 0.3) is 5.91 Å². The first-order valence-corrected chi connectivity index (χ1v) is 8.51. The van der Waals surface area contributed by atoms with Crippen molar-refractivity contribution in [1.29, 1.82) is 0 Å². The second-order valence-electron chi connectivity index (χ2n) is 5.96. The van der Waals surface area contributed by atoms with E-state index in [4.69, 9.17) is 0 Å². The van der Waals surface area contributed by atoms with Crippen molar-refractivity contribution in [3.05, 3.63) is 29.3 Å². The van der Waals surface area contributed by atoms with Crippen molar-refractivity contribution in [2.75, 3.05) is 13.1 Å². The molecule has 0 bridgehead atoms. The summed E-state index contributed by atoms with van der Waals surface area (Å²) in [7, 11) is 1.92. The van der Waals surface area contributed by atoms with Crippen molar-refractivity contribution in [3.8, 4) is 0 Å². The summed E-state index contributed by atoms with van der Waals surface area (Å²) in [5.74, 6) is 0.107. The van der Waals surface area contributed by atoms with Gasteiger partial charge < -0.3 is 4.90 Å². The topological polar surface area (TPSA) is 68.8 Å². The molecule has 0 N–H and O–H groups in total.